The molecule has 1 heterocycles. The molecule has 1 atom stereocenters. The van der Waals surface area contributed by atoms with E-state index in [0.29, 0.717) is 12.1 Å². The summed E-state index contributed by atoms with van der Waals surface area (Å²) < 4.78 is 0. The zero-order valence-corrected chi connectivity index (χ0v) is 11.9. The van der Waals surface area contributed by atoms with Gasteiger partial charge in [0.25, 0.3) is 0 Å². The Morgan fingerprint density at radius 2 is 1.78 bits per heavy atom. The molecule has 104 valence electrons. The lowest BCUT2D eigenvalue weighted by atomic mass is 9.89. The van der Waals surface area contributed by atoms with Crippen LogP contribution in [-0.4, -0.2) is 41.0 Å². The average Bonchev–Trinajstić information content (AvgIpc) is 2.59. The van der Waals surface area contributed by atoms with Gasteiger partial charge in [-0.15, -0.1) is 0 Å². The SMILES string of the molecule is CC(C)(C)NC1CCC(N2CCC(N)C2=O)CC1. The highest BCUT2D eigenvalue weighted by Gasteiger charge is 2.35. The third-order valence-electron chi connectivity index (χ3n) is 4.06. The largest absolute Gasteiger partial charge is 0.338 e. The highest BCUT2D eigenvalue weighted by atomic mass is 16.2. The molecule has 1 aliphatic carbocycles. The molecule has 2 fully saturated rings. The van der Waals surface area contributed by atoms with Crippen LogP contribution in [-0.2, 0) is 4.79 Å². The lowest BCUT2D eigenvalue weighted by molar-refractivity contribution is -0.131. The molecule has 0 aromatic heterocycles. The van der Waals surface area contributed by atoms with Crippen LogP contribution in [0, 0.1) is 0 Å². The minimum absolute atomic E-state index is 0.169. The van der Waals surface area contributed by atoms with E-state index in [9.17, 15) is 4.79 Å². The maximum atomic E-state index is 11.9. The molecule has 2 rings (SSSR count). The molecule has 1 saturated heterocycles. The van der Waals surface area contributed by atoms with Crippen LogP contribution in [0.4, 0.5) is 0 Å². The fraction of sp³-hybridized carbons (Fsp3) is 0.929. The number of hydrogen-bond acceptors (Lipinski definition) is 3. The van der Waals surface area contributed by atoms with Crippen molar-refractivity contribution in [2.75, 3.05) is 6.54 Å². The fourth-order valence-corrected chi connectivity index (χ4v) is 3.23. The molecule has 0 aromatic carbocycles. The molecule has 3 N–H and O–H groups in total. The third kappa shape index (κ3) is 3.23. The summed E-state index contributed by atoms with van der Waals surface area (Å²) in [7, 11) is 0. The van der Waals surface area contributed by atoms with Crippen molar-refractivity contribution in [1.82, 2.24) is 10.2 Å². The average molecular weight is 253 g/mol. The third-order valence-corrected chi connectivity index (χ3v) is 4.06. The number of rotatable bonds is 2. The predicted molar refractivity (Wildman–Crippen MR) is 73.2 cm³/mol. The number of carbonyl (C=O) groups excluding carboxylic acids is 1. The molecular formula is C14H27N3O. The van der Waals surface area contributed by atoms with Crippen molar-refractivity contribution < 1.29 is 4.79 Å². The fourth-order valence-electron chi connectivity index (χ4n) is 3.23. The first-order valence-corrected chi connectivity index (χ1v) is 7.20. The van der Waals surface area contributed by atoms with Crippen LogP contribution in [0.25, 0.3) is 0 Å². The molecule has 1 aliphatic heterocycles. The van der Waals surface area contributed by atoms with E-state index in [1.54, 1.807) is 0 Å². The molecule has 0 bridgehead atoms. The Balaban J connectivity index is 1.82. The van der Waals surface area contributed by atoms with Gasteiger partial charge < -0.3 is 16.0 Å². The Labute approximate surface area is 110 Å². The maximum Gasteiger partial charge on any atom is 0.239 e. The summed E-state index contributed by atoms with van der Waals surface area (Å²) in [5.74, 6) is 0.169. The van der Waals surface area contributed by atoms with Gasteiger partial charge >= 0.3 is 0 Å². The second-order valence-electron chi connectivity index (χ2n) is 6.83. The quantitative estimate of drug-likeness (QED) is 0.778. The summed E-state index contributed by atoms with van der Waals surface area (Å²) in [4.78, 5) is 13.9. The first kappa shape index (κ1) is 13.8. The van der Waals surface area contributed by atoms with Crippen LogP contribution >= 0.6 is 0 Å². The van der Waals surface area contributed by atoms with Gasteiger partial charge in [0.1, 0.15) is 0 Å². The van der Waals surface area contributed by atoms with E-state index >= 15 is 0 Å². The number of carbonyl (C=O) groups is 1. The summed E-state index contributed by atoms with van der Waals surface area (Å²) in [6, 6.07) is 0.798. The smallest absolute Gasteiger partial charge is 0.239 e. The topological polar surface area (TPSA) is 58.4 Å². The standard InChI is InChI=1S/C14H27N3O/c1-14(2,3)16-10-4-6-11(7-5-10)17-9-8-12(15)13(17)18/h10-12,16H,4-9,15H2,1-3H3. The van der Waals surface area contributed by atoms with E-state index in [1.165, 1.54) is 12.8 Å². The highest BCUT2D eigenvalue weighted by molar-refractivity contribution is 5.84. The summed E-state index contributed by atoms with van der Waals surface area (Å²) >= 11 is 0. The van der Waals surface area contributed by atoms with Crippen LogP contribution < -0.4 is 11.1 Å². The summed E-state index contributed by atoms with van der Waals surface area (Å²) in [5.41, 5.74) is 5.97. The van der Waals surface area contributed by atoms with Gasteiger partial charge in [-0.05, 0) is 52.9 Å². The van der Waals surface area contributed by atoms with Crippen molar-refractivity contribution in [3.05, 3.63) is 0 Å². The minimum Gasteiger partial charge on any atom is -0.338 e. The molecule has 0 spiro atoms. The molecule has 1 unspecified atom stereocenters. The van der Waals surface area contributed by atoms with E-state index < -0.39 is 0 Å². The van der Waals surface area contributed by atoms with Crippen molar-refractivity contribution in [2.24, 2.45) is 5.73 Å². The van der Waals surface area contributed by atoms with E-state index in [1.807, 2.05) is 4.90 Å². The zero-order chi connectivity index (χ0) is 13.3. The normalized spacial score (nSPS) is 34.1. The number of amides is 1. The number of nitrogens with zero attached hydrogens (tertiary/aromatic N) is 1. The predicted octanol–water partition coefficient (Wildman–Crippen LogP) is 1.25. The van der Waals surface area contributed by atoms with Gasteiger partial charge in [0.2, 0.25) is 5.91 Å². The Morgan fingerprint density at radius 3 is 2.22 bits per heavy atom. The zero-order valence-electron chi connectivity index (χ0n) is 11.9. The Kier molecular flexibility index (Phi) is 3.97. The number of nitrogens with one attached hydrogen (secondary N) is 1. The van der Waals surface area contributed by atoms with Crippen LogP contribution in [0.15, 0.2) is 0 Å². The van der Waals surface area contributed by atoms with Crippen molar-refractivity contribution in [1.29, 1.82) is 0 Å². The lowest BCUT2D eigenvalue weighted by Crippen LogP contribution is -2.49. The van der Waals surface area contributed by atoms with Gasteiger partial charge in [0.15, 0.2) is 0 Å². The van der Waals surface area contributed by atoms with Crippen molar-refractivity contribution >= 4 is 5.91 Å². The van der Waals surface area contributed by atoms with Gasteiger partial charge in [-0.2, -0.15) is 0 Å². The van der Waals surface area contributed by atoms with Crippen LogP contribution in [0.5, 0.6) is 0 Å². The van der Waals surface area contributed by atoms with Gasteiger partial charge in [-0.25, -0.2) is 0 Å². The monoisotopic (exact) mass is 253 g/mol. The Hall–Kier alpha value is -0.610. The van der Waals surface area contributed by atoms with E-state index in [2.05, 4.69) is 26.1 Å². The van der Waals surface area contributed by atoms with Gasteiger partial charge in [0, 0.05) is 24.2 Å². The van der Waals surface area contributed by atoms with Crippen LogP contribution in [0.3, 0.4) is 0 Å². The molecule has 0 aromatic rings. The van der Waals surface area contributed by atoms with E-state index in [4.69, 9.17) is 5.73 Å². The molecule has 1 saturated carbocycles. The van der Waals surface area contributed by atoms with Gasteiger partial charge in [-0.1, -0.05) is 0 Å². The minimum atomic E-state index is -0.240. The van der Waals surface area contributed by atoms with E-state index in [0.717, 1.165) is 25.8 Å². The van der Waals surface area contributed by atoms with Gasteiger partial charge in [0.05, 0.1) is 6.04 Å². The second kappa shape index (κ2) is 5.17. The molecule has 4 nitrogen and oxygen atoms in total. The van der Waals surface area contributed by atoms with Crippen molar-refractivity contribution in [2.45, 2.75) is 76.5 Å². The summed E-state index contributed by atoms with van der Waals surface area (Å²) in [5, 5.41) is 3.66. The van der Waals surface area contributed by atoms with Crippen molar-refractivity contribution in [3.63, 3.8) is 0 Å². The summed E-state index contributed by atoms with van der Waals surface area (Å²) in [6.45, 7) is 7.49. The van der Waals surface area contributed by atoms with Crippen LogP contribution in [0.1, 0.15) is 52.9 Å². The van der Waals surface area contributed by atoms with Crippen LogP contribution in [0.2, 0.25) is 0 Å². The highest BCUT2D eigenvalue weighted by Crippen LogP contribution is 2.27. The summed E-state index contributed by atoms with van der Waals surface area (Å²) in [6.07, 6.45) is 5.40. The molecule has 18 heavy (non-hydrogen) atoms. The van der Waals surface area contributed by atoms with Gasteiger partial charge in [-0.3, -0.25) is 4.79 Å². The number of nitrogens with two attached hydrogens (primary N) is 1. The molecule has 2 aliphatic rings. The maximum absolute atomic E-state index is 11.9. The second-order valence-corrected chi connectivity index (χ2v) is 6.83. The Morgan fingerprint density at radius 1 is 1.17 bits per heavy atom. The van der Waals surface area contributed by atoms with E-state index in [-0.39, 0.29) is 17.5 Å². The Bertz CT molecular complexity index is 303. The number of hydrogen-bond donors (Lipinski definition) is 2. The number of likely N-dealkylation sites (tertiary alicyclic amines) is 1. The molecule has 1 amide bonds. The first-order chi connectivity index (χ1) is 8.37. The molecular weight excluding hydrogens is 226 g/mol. The molecule has 0 radical (unpaired) electrons. The van der Waals surface area contributed by atoms with Crippen molar-refractivity contribution in [3.8, 4) is 0 Å². The lowest BCUT2D eigenvalue weighted by Gasteiger charge is -2.37. The molecule has 4 heteroatoms. The first-order valence-electron chi connectivity index (χ1n) is 7.20.